The molecule has 2 aromatic rings. The lowest BCUT2D eigenvalue weighted by Gasteiger charge is -2.17. The molecule has 0 spiro atoms. The number of hydrogen-bond donors (Lipinski definition) is 0. The van der Waals surface area contributed by atoms with Gasteiger partial charge in [-0.05, 0) is 56.5 Å². The van der Waals surface area contributed by atoms with Crippen LogP contribution in [0, 0.1) is 20.8 Å². The molecule has 0 aliphatic heterocycles. The van der Waals surface area contributed by atoms with Crippen molar-refractivity contribution in [3.8, 4) is 0 Å². The van der Waals surface area contributed by atoms with Gasteiger partial charge in [-0.25, -0.2) is 4.98 Å². The third-order valence-electron chi connectivity index (χ3n) is 3.08. The second-order valence-electron chi connectivity index (χ2n) is 4.74. The minimum atomic E-state index is 0.431. The van der Waals surface area contributed by atoms with Crippen LogP contribution in [-0.4, -0.2) is 4.98 Å². The quantitative estimate of drug-likeness (QED) is 0.728. The van der Waals surface area contributed by atoms with Crippen LogP contribution in [0.1, 0.15) is 34.4 Å². The lowest BCUT2D eigenvalue weighted by atomic mass is 9.98. The van der Waals surface area contributed by atoms with Gasteiger partial charge >= 0.3 is 0 Å². The smallest absolute Gasteiger partial charge is 0.0965 e. The minimum absolute atomic E-state index is 0.431. The first-order valence-electron chi connectivity index (χ1n) is 6.23. The van der Waals surface area contributed by atoms with E-state index in [1.807, 2.05) is 30.1 Å². The lowest BCUT2D eigenvalue weighted by molar-refractivity contribution is 1.02. The molecule has 0 radical (unpaired) electrons. The highest BCUT2D eigenvalue weighted by atomic mass is 32.2. The third kappa shape index (κ3) is 2.94. The van der Waals surface area contributed by atoms with Crippen molar-refractivity contribution in [2.24, 2.45) is 0 Å². The standard InChI is InChI=1S/C16H19NS/c1-11-9-12(2)16(13(3)10-11)14(4)18-15-7-5-6-8-17-15/h5-10,14H,1-4H3. The molecular formula is C16H19NS. The monoisotopic (exact) mass is 257 g/mol. The predicted molar refractivity (Wildman–Crippen MR) is 79.2 cm³/mol. The Kier molecular flexibility index (Phi) is 4.07. The number of aromatic nitrogens is 1. The van der Waals surface area contributed by atoms with E-state index >= 15 is 0 Å². The Morgan fingerprint density at radius 3 is 2.28 bits per heavy atom. The summed E-state index contributed by atoms with van der Waals surface area (Å²) in [5.74, 6) is 0. The van der Waals surface area contributed by atoms with E-state index in [2.05, 4.69) is 50.9 Å². The molecule has 1 nitrogen and oxygen atoms in total. The number of nitrogens with zero attached hydrogens (tertiary/aromatic N) is 1. The number of aryl methyl sites for hydroxylation is 3. The Labute approximate surface area is 114 Å². The summed E-state index contributed by atoms with van der Waals surface area (Å²) in [5.41, 5.74) is 5.53. The Hall–Kier alpha value is -1.28. The summed E-state index contributed by atoms with van der Waals surface area (Å²) in [4.78, 5) is 4.38. The zero-order valence-corrected chi connectivity index (χ0v) is 12.2. The van der Waals surface area contributed by atoms with Crippen molar-refractivity contribution in [1.82, 2.24) is 4.98 Å². The molecule has 1 unspecified atom stereocenters. The van der Waals surface area contributed by atoms with Crippen LogP contribution in [-0.2, 0) is 0 Å². The number of hydrogen-bond acceptors (Lipinski definition) is 2. The molecule has 1 aromatic heterocycles. The van der Waals surface area contributed by atoms with Gasteiger partial charge in [-0.1, -0.05) is 35.5 Å². The van der Waals surface area contributed by atoms with Crippen LogP contribution >= 0.6 is 11.8 Å². The highest BCUT2D eigenvalue weighted by Crippen LogP contribution is 2.37. The average Bonchev–Trinajstić information content (AvgIpc) is 2.28. The van der Waals surface area contributed by atoms with Crippen molar-refractivity contribution < 1.29 is 0 Å². The van der Waals surface area contributed by atoms with Gasteiger partial charge in [0.15, 0.2) is 0 Å². The maximum absolute atomic E-state index is 4.38. The Bertz CT molecular complexity index is 511. The minimum Gasteiger partial charge on any atom is -0.250 e. The van der Waals surface area contributed by atoms with E-state index in [0.717, 1.165) is 5.03 Å². The molecule has 1 aromatic carbocycles. The number of pyridine rings is 1. The van der Waals surface area contributed by atoms with E-state index in [-0.39, 0.29) is 0 Å². The van der Waals surface area contributed by atoms with Crippen LogP contribution < -0.4 is 0 Å². The fourth-order valence-electron chi connectivity index (χ4n) is 2.49. The Balaban J connectivity index is 2.27. The molecule has 0 N–H and O–H groups in total. The molecule has 2 rings (SSSR count). The van der Waals surface area contributed by atoms with Gasteiger partial charge in [0.25, 0.3) is 0 Å². The number of thioether (sulfide) groups is 1. The summed E-state index contributed by atoms with van der Waals surface area (Å²) in [5, 5.41) is 1.52. The molecule has 0 aliphatic carbocycles. The molecule has 94 valence electrons. The van der Waals surface area contributed by atoms with Gasteiger partial charge in [-0.15, -0.1) is 0 Å². The molecule has 1 atom stereocenters. The predicted octanol–water partition coefficient (Wildman–Crippen LogP) is 4.86. The van der Waals surface area contributed by atoms with E-state index < -0.39 is 0 Å². The molecule has 0 saturated heterocycles. The van der Waals surface area contributed by atoms with Crippen LogP contribution in [0.2, 0.25) is 0 Å². The zero-order chi connectivity index (χ0) is 13.1. The van der Waals surface area contributed by atoms with Gasteiger partial charge in [0.1, 0.15) is 0 Å². The SMILES string of the molecule is Cc1cc(C)c(C(C)Sc2ccccn2)c(C)c1. The van der Waals surface area contributed by atoms with Crippen molar-refractivity contribution in [2.45, 2.75) is 38.0 Å². The summed E-state index contributed by atoms with van der Waals surface area (Å²) in [7, 11) is 0. The van der Waals surface area contributed by atoms with Crippen LogP contribution in [0.5, 0.6) is 0 Å². The summed E-state index contributed by atoms with van der Waals surface area (Å²) >= 11 is 1.82. The fourth-order valence-corrected chi connectivity index (χ4v) is 3.62. The average molecular weight is 257 g/mol. The van der Waals surface area contributed by atoms with Crippen molar-refractivity contribution in [3.63, 3.8) is 0 Å². The first-order valence-corrected chi connectivity index (χ1v) is 7.11. The van der Waals surface area contributed by atoms with E-state index in [4.69, 9.17) is 0 Å². The van der Waals surface area contributed by atoms with Gasteiger partial charge in [0.05, 0.1) is 5.03 Å². The van der Waals surface area contributed by atoms with Crippen LogP contribution in [0.3, 0.4) is 0 Å². The topological polar surface area (TPSA) is 12.9 Å². The highest BCUT2D eigenvalue weighted by Gasteiger charge is 2.13. The van der Waals surface area contributed by atoms with Crippen molar-refractivity contribution in [1.29, 1.82) is 0 Å². The molecule has 0 aliphatic rings. The molecule has 18 heavy (non-hydrogen) atoms. The molecule has 0 amide bonds. The summed E-state index contributed by atoms with van der Waals surface area (Å²) in [6.45, 7) is 8.81. The maximum atomic E-state index is 4.38. The third-order valence-corrected chi connectivity index (χ3v) is 4.15. The largest absolute Gasteiger partial charge is 0.250 e. The fraction of sp³-hybridized carbons (Fsp3) is 0.312. The number of rotatable bonds is 3. The number of benzene rings is 1. The molecule has 0 bridgehead atoms. The van der Waals surface area contributed by atoms with Crippen LogP contribution in [0.4, 0.5) is 0 Å². The van der Waals surface area contributed by atoms with Gasteiger partial charge in [-0.3, -0.25) is 0 Å². The Morgan fingerprint density at radius 2 is 1.72 bits per heavy atom. The van der Waals surface area contributed by atoms with Crippen molar-refractivity contribution in [2.75, 3.05) is 0 Å². The van der Waals surface area contributed by atoms with E-state index in [1.165, 1.54) is 22.3 Å². The maximum Gasteiger partial charge on any atom is 0.0965 e. The van der Waals surface area contributed by atoms with E-state index in [1.54, 1.807) is 0 Å². The first-order chi connectivity index (χ1) is 8.58. The Morgan fingerprint density at radius 1 is 1.06 bits per heavy atom. The van der Waals surface area contributed by atoms with Crippen LogP contribution in [0.25, 0.3) is 0 Å². The van der Waals surface area contributed by atoms with E-state index in [9.17, 15) is 0 Å². The summed E-state index contributed by atoms with van der Waals surface area (Å²) in [6, 6.07) is 10.6. The molecule has 1 heterocycles. The van der Waals surface area contributed by atoms with E-state index in [0.29, 0.717) is 5.25 Å². The van der Waals surface area contributed by atoms with Gasteiger partial charge in [0, 0.05) is 11.4 Å². The highest BCUT2D eigenvalue weighted by molar-refractivity contribution is 7.99. The lowest BCUT2D eigenvalue weighted by Crippen LogP contribution is -1.98. The van der Waals surface area contributed by atoms with Gasteiger partial charge < -0.3 is 0 Å². The normalized spacial score (nSPS) is 12.4. The second-order valence-corrected chi connectivity index (χ2v) is 6.10. The molecular weight excluding hydrogens is 238 g/mol. The summed E-state index contributed by atoms with van der Waals surface area (Å²) < 4.78 is 0. The van der Waals surface area contributed by atoms with Gasteiger partial charge in [0.2, 0.25) is 0 Å². The van der Waals surface area contributed by atoms with Crippen molar-refractivity contribution >= 4 is 11.8 Å². The molecule has 2 heteroatoms. The van der Waals surface area contributed by atoms with Gasteiger partial charge in [-0.2, -0.15) is 0 Å². The molecule has 0 saturated carbocycles. The second kappa shape index (κ2) is 5.57. The van der Waals surface area contributed by atoms with Crippen molar-refractivity contribution in [3.05, 3.63) is 58.8 Å². The summed E-state index contributed by atoms with van der Waals surface area (Å²) in [6.07, 6.45) is 1.85. The zero-order valence-electron chi connectivity index (χ0n) is 11.4. The first kappa shape index (κ1) is 13.2. The van der Waals surface area contributed by atoms with Crippen LogP contribution in [0.15, 0.2) is 41.6 Å². The molecule has 0 fully saturated rings.